The van der Waals surface area contributed by atoms with Crippen molar-refractivity contribution in [2.24, 2.45) is 24.8 Å². The number of aryl methyl sites for hydroxylation is 1. The van der Waals surface area contributed by atoms with Gasteiger partial charge in [-0.3, -0.25) is 4.79 Å². The average Bonchev–Trinajstić information content (AvgIpc) is 3.01. The first kappa shape index (κ1) is 18.9. The van der Waals surface area contributed by atoms with Crippen LogP contribution in [0.3, 0.4) is 0 Å². The van der Waals surface area contributed by atoms with Crippen LogP contribution in [0.25, 0.3) is 0 Å². The zero-order valence-corrected chi connectivity index (χ0v) is 15.2. The van der Waals surface area contributed by atoms with Crippen LogP contribution in [0.5, 0.6) is 0 Å². The minimum Gasteiger partial charge on any atom is -0.340 e. The molecule has 1 aromatic heterocycles. The lowest BCUT2D eigenvalue weighted by molar-refractivity contribution is -0.140. The Balaban J connectivity index is 1.57. The average molecular weight is 396 g/mol. The summed E-state index contributed by atoms with van der Waals surface area (Å²) in [5.74, 6) is -0.328. The van der Waals surface area contributed by atoms with Gasteiger partial charge in [-0.2, -0.15) is 13.2 Å². The Hall–Kier alpha value is -2.42. The van der Waals surface area contributed by atoms with Gasteiger partial charge < -0.3 is 14.8 Å². The molecule has 1 saturated carbocycles. The molecule has 28 heavy (non-hydrogen) atoms. The molecule has 0 bridgehead atoms. The van der Waals surface area contributed by atoms with E-state index in [1.807, 2.05) is 0 Å². The van der Waals surface area contributed by atoms with Crippen molar-refractivity contribution in [2.45, 2.75) is 12.7 Å². The van der Waals surface area contributed by atoms with E-state index >= 15 is 0 Å². The first-order chi connectivity index (χ1) is 13.2. The van der Waals surface area contributed by atoms with Crippen molar-refractivity contribution in [1.29, 1.82) is 0 Å². The zero-order valence-electron chi connectivity index (χ0n) is 15.2. The van der Waals surface area contributed by atoms with E-state index in [1.54, 1.807) is 17.8 Å². The van der Waals surface area contributed by atoms with Gasteiger partial charge in [-0.15, -0.1) is 0 Å². The van der Waals surface area contributed by atoms with Gasteiger partial charge in [0.15, 0.2) is 0 Å². The molecule has 1 aliphatic heterocycles. The van der Waals surface area contributed by atoms with Crippen molar-refractivity contribution < 1.29 is 22.4 Å². The van der Waals surface area contributed by atoms with E-state index in [4.69, 9.17) is 0 Å². The molecule has 4 rings (SSSR count). The Morgan fingerprint density at radius 1 is 1.32 bits per heavy atom. The quantitative estimate of drug-likeness (QED) is 0.791. The normalized spacial score (nSPS) is 23.5. The van der Waals surface area contributed by atoms with Gasteiger partial charge >= 0.3 is 6.18 Å². The fourth-order valence-corrected chi connectivity index (χ4v) is 4.08. The summed E-state index contributed by atoms with van der Waals surface area (Å²) in [7, 11) is 1.74. The first-order valence-corrected chi connectivity index (χ1v) is 9.07. The van der Waals surface area contributed by atoms with E-state index < -0.39 is 17.6 Å². The van der Waals surface area contributed by atoms with Crippen molar-refractivity contribution >= 4 is 5.91 Å². The number of fused-ring (bicyclic) bond motifs is 1. The molecular weight excluding hydrogens is 376 g/mol. The fourth-order valence-electron chi connectivity index (χ4n) is 4.08. The Bertz CT molecular complexity index is 884. The Morgan fingerprint density at radius 3 is 2.64 bits per heavy atom. The number of halogens is 4. The van der Waals surface area contributed by atoms with Crippen molar-refractivity contribution in [1.82, 2.24) is 19.8 Å². The van der Waals surface area contributed by atoms with Gasteiger partial charge in [0.1, 0.15) is 11.5 Å². The number of hydrogen-bond acceptors (Lipinski definition) is 3. The summed E-state index contributed by atoms with van der Waals surface area (Å²) >= 11 is 0. The van der Waals surface area contributed by atoms with Crippen LogP contribution in [0.4, 0.5) is 17.6 Å². The Morgan fingerprint density at radius 2 is 2.04 bits per heavy atom. The van der Waals surface area contributed by atoms with Crippen LogP contribution in [0, 0.1) is 23.6 Å². The SMILES string of the molecule is Cn1cnc(C(=O)N(Cc2ccc(F)c(C(F)(F)F)c2)CC2C3CNCC32)c1. The molecule has 2 atom stereocenters. The number of nitrogens with zero attached hydrogens (tertiary/aromatic N) is 3. The maximum absolute atomic E-state index is 13.6. The second-order valence-electron chi connectivity index (χ2n) is 7.57. The summed E-state index contributed by atoms with van der Waals surface area (Å²) in [5.41, 5.74) is -0.839. The number of imidazole rings is 1. The maximum atomic E-state index is 13.6. The van der Waals surface area contributed by atoms with Crippen LogP contribution in [0.1, 0.15) is 21.6 Å². The third-order valence-corrected chi connectivity index (χ3v) is 5.62. The smallest absolute Gasteiger partial charge is 0.340 e. The lowest BCUT2D eigenvalue weighted by atomic mass is 10.1. The monoisotopic (exact) mass is 396 g/mol. The molecular formula is C19H20F4N4O. The maximum Gasteiger partial charge on any atom is 0.419 e. The number of carbonyl (C=O) groups is 1. The van der Waals surface area contributed by atoms with Gasteiger partial charge in [0.25, 0.3) is 5.91 Å². The Kier molecular flexibility index (Phi) is 4.65. The molecule has 9 heteroatoms. The molecule has 150 valence electrons. The van der Waals surface area contributed by atoms with E-state index in [0.717, 1.165) is 25.2 Å². The van der Waals surface area contributed by atoms with Crippen LogP contribution >= 0.6 is 0 Å². The lowest BCUT2D eigenvalue weighted by Crippen LogP contribution is -2.34. The van der Waals surface area contributed by atoms with Gasteiger partial charge in [0.05, 0.1) is 11.9 Å². The van der Waals surface area contributed by atoms with Crippen molar-refractivity contribution in [3.05, 3.63) is 53.4 Å². The number of amides is 1. The van der Waals surface area contributed by atoms with E-state index in [2.05, 4.69) is 10.3 Å². The molecule has 2 unspecified atom stereocenters. The third-order valence-electron chi connectivity index (χ3n) is 5.62. The molecule has 1 aromatic carbocycles. The van der Waals surface area contributed by atoms with Crippen molar-refractivity contribution in [2.75, 3.05) is 19.6 Å². The fraction of sp³-hybridized carbons (Fsp3) is 0.474. The Labute approximate surface area is 159 Å². The summed E-state index contributed by atoms with van der Waals surface area (Å²) in [5, 5.41) is 3.28. The highest BCUT2D eigenvalue weighted by molar-refractivity contribution is 5.92. The standard InChI is InChI=1S/C19H20F4N4O/c1-26-9-17(25-10-26)18(28)27(8-14-12-5-24-6-13(12)14)7-11-2-3-16(20)15(4-11)19(21,22)23/h2-4,9-10,12-14,24H,5-8H2,1H3. The molecule has 1 N–H and O–H groups in total. The van der Waals surface area contributed by atoms with E-state index in [1.165, 1.54) is 17.3 Å². The molecule has 1 aliphatic carbocycles. The number of alkyl halides is 3. The largest absolute Gasteiger partial charge is 0.419 e. The molecule has 1 amide bonds. The number of benzene rings is 1. The van der Waals surface area contributed by atoms with Crippen LogP contribution in [-0.2, 0) is 19.8 Å². The predicted octanol–water partition coefficient (Wildman–Crippen LogP) is 2.69. The molecule has 0 spiro atoms. The molecule has 2 heterocycles. The third kappa shape index (κ3) is 3.63. The van der Waals surface area contributed by atoms with Crippen molar-refractivity contribution in [3.8, 4) is 0 Å². The molecule has 2 fully saturated rings. The van der Waals surface area contributed by atoms with Crippen LogP contribution < -0.4 is 5.32 Å². The minimum absolute atomic E-state index is 0.0257. The molecule has 0 radical (unpaired) electrons. The second-order valence-corrected chi connectivity index (χ2v) is 7.57. The summed E-state index contributed by atoms with van der Waals surface area (Å²) in [6.07, 6.45) is -1.70. The molecule has 5 nitrogen and oxygen atoms in total. The number of hydrogen-bond donors (Lipinski definition) is 1. The summed E-state index contributed by atoms with van der Waals surface area (Å²) < 4.78 is 54.3. The van der Waals surface area contributed by atoms with Gasteiger partial charge in [-0.1, -0.05) is 6.07 Å². The topological polar surface area (TPSA) is 50.2 Å². The summed E-state index contributed by atoms with van der Waals surface area (Å²) in [4.78, 5) is 18.5. The second kappa shape index (κ2) is 6.88. The summed E-state index contributed by atoms with van der Waals surface area (Å²) in [6, 6.07) is 2.87. The highest BCUT2D eigenvalue weighted by Gasteiger charge is 2.53. The van der Waals surface area contributed by atoms with E-state index in [-0.39, 0.29) is 23.7 Å². The number of carbonyl (C=O) groups excluding carboxylic acids is 1. The minimum atomic E-state index is -4.78. The first-order valence-electron chi connectivity index (χ1n) is 9.07. The van der Waals surface area contributed by atoms with Crippen LogP contribution in [0.2, 0.25) is 0 Å². The predicted molar refractivity (Wildman–Crippen MR) is 92.7 cm³/mol. The van der Waals surface area contributed by atoms with Gasteiger partial charge in [-0.05, 0) is 48.5 Å². The lowest BCUT2D eigenvalue weighted by Gasteiger charge is -2.23. The zero-order chi connectivity index (χ0) is 20.1. The number of aromatic nitrogens is 2. The highest BCUT2D eigenvalue weighted by atomic mass is 19.4. The number of rotatable bonds is 5. The highest BCUT2D eigenvalue weighted by Crippen LogP contribution is 2.49. The summed E-state index contributed by atoms with van der Waals surface area (Å²) in [6.45, 7) is 2.22. The van der Waals surface area contributed by atoms with E-state index in [9.17, 15) is 22.4 Å². The molecule has 2 aromatic rings. The molecule has 2 aliphatic rings. The molecule has 1 saturated heterocycles. The van der Waals surface area contributed by atoms with Crippen LogP contribution in [-0.4, -0.2) is 40.0 Å². The van der Waals surface area contributed by atoms with Gasteiger partial charge in [-0.25, -0.2) is 9.37 Å². The van der Waals surface area contributed by atoms with Crippen molar-refractivity contribution in [3.63, 3.8) is 0 Å². The van der Waals surface area contributed by atoms with Gasteiger partial charge in [0.2, 0.25) is 0 Å². The van der Waals surface area contributed by atoms with Gasteiger partial charge in [0, 0.05) is 26.3 Å². The number of nitrogens with one attached hydrogen (secondary N) is 1. The van der Waals surface area contributed by atoms with E-state index in [0.29, 0.717) is 24.3 Å². The van der Waals surface area contributed by atoms with Crippen LogP contribution in [0.15, 0.2) is 30.7 Å². The number of piperidine rings is 1.